The smallest absolute Gasteiger partial charge is 0.227 e. The monoisotopic (exact) mass is 382 g/mol. The van der Waals surface area contributed by atoms with Crippen LogP contribution in [0.25, 0.3) is 0 Å². The first-order chi connectivity index (χ1) is 13.5. The van der Waals surface area contributed by atoms with E-state index in [1.54, 1.807) is 12.0 Å². The zero-order chi connectivity index (χ0) is 20.1. The number of amides is 2. The van der Waals surface area contributed by atoms with Crippen molar-refractivity contribution in [1.82, 2.24) is 5.32 Å². The highest BCUT2D eigenvalue weighted by Crippen LogP contribution is 2.27. The highest BCUT2D eigenvalue weighted by atomic mass is 16.5. The van der Waals surface area contributed by atoms with Crippen LogP contribution >= 0.6 is 0 Å². The molecule has 1 N–H and O–H groups in total. The third kappa shape index (κ3) is 4.82. The van der Waals surface area contributed by atoms with Crippen LogP contribution < -0.4 is 19.7 Å². The number of ether oxygens (including phenoxy) is 2. The summed E-state index contributed by atoms with van der Waals surface area (Å²) in [5, 5.41) is 2.92. The standard InChI is InChI=1S/C22H26N2O4/c1-15(2)28-19-9-7-18(8-10-19)24-14-17(12-21(24)25)22(26)23-13-16-5-4-6-20(11-16)27-3/h4-11,15,17H,12-14H2,1-3H3,(H,23,26). The van der Waals surface area contributed by atoms with Crippen molar-refractivity contribution < 1.29 is 19.1 Å². The van der Waals surface area contributed by atoms with Gasteiger partial charge in [0.05, 0.1) is 19.1 Å². The summed E-state index contributed by atoms with van der Waals surface area (Å²) in [7, 11) is 1.61. The zero-order valence-electron chi connectivity index (χ0n) is 16.5. The summed E-state index contributed by atoms with van der Waals surface area (Å²) < 4.78 is 10.8. The highest BCUT2D eigenvalue weighted by Gasteiger charge is 2.35. The minimum atomic E-state index is -0.357. The van der Waals surface area contributed by atoms with Gasteiger partial charge in [0.2, 0.25) is 11.8 Å². The highest BCUT2D eigenvalue weighted by molar-refractivity contribution is 6.00. The molecule has 1 atom stereocenters. The number of hydrogen-bond donors (Lipinski definition) is 1. The van der Waals surface area contributed by atoms with Gasteiger partial charge in [-0.3, -0.25) is 9.59 Å². The molecule has 3 rings (SSSR count). The van der Waals surface area contributed by atoms with Gasteiger partial charge in [0, 0.05) is 25.2 Å². The van der Waals surface area contributed by atoms with E-state index in [2.05, 4.69) is 5.32 Å². The van der Waals surface area contributed by atoms with Gasteiger partial charge < -0.3 is 19.7 Å². The molecule has 0 bridgehead atoms. The van der Waals surface area contributed by atoms with Crippen molar-refractivity contribution in [2.24, 2.45) is 5.92 Å². The molecule has 148 valence electrons. The Balaban J connectivity index is 1.58. The molecule has 0 spiro atoms. The van der Waals surface area contributed by atoms with E-state index in [0.717, 1.165) is 22.7 Å². The van der Waals surface area contributed by atoms with Gasteiger partial charge in [-0.15, -0.1) is 0 Å². The lowest BCUT2D eigenvalue weighted by atomic mass is 10.1. The maximum Gasteiger partial charge on any atom is 0.227 e. The molecule has 0 radical (unpaired) electrons. The maximum atomic E-state index is 12.5. The van der Waals surface area contributed by atoms with Crippen LogP contribution in [0.2, 0.25) is 0 Å². The lowest BCUT2D eigenvalue weighted by Gasteiger charge is -2.18. The maximum absolute atomic E-state index is 12.5. The van der Waals surface area contributed by atoms with Gasteiger partial charge in [0.25, 0.3) is 0 Å². The number of nitrogens with one attached hydrogen (secondary N) is 1. The number of hydrogen-bond acceptors (Lipinski definition) is 4. The lowest BCUT2D eigenvalue weighted by Crippen LogP contribution is -2.32. The number of anilines is 1. The van der Waals surface area contributed by atoms with Crippen molar-refractivity contribution in [3.8, 4) is 11.5 Å². The van der Waals surface area contributed by atoms with Gasteiger partial charge >= 0.3 is 0 Å². The second-order valence-electron chi connectivity index (χ2n) is 7.14. The summed E-state index contributed by atoms with van der Waals surface area (Å²) in [6, 6.07) is 14.9. The average molecular weight is 382 g/mol. The summed E-state index contributed by atoms with van der Waals surface area (Å²) in [6.45, 7) is 4.72. The minimum Gasteiger partial charge on any atom is -0.497 e. The predicted molar refractivity (Wildman–Crippen MR) is 108 cm³/mol. The Bertz CT molecular complexity index is 833. The predicted octanol–water partition coefficient (Wildman–Crippen LogP) is 3.15. The van der Waals surface area contributed by atoms with Crippen molar-refractivity contribution in [3.05, 3.63) is 54.1 Å². The quantitative estimate of drug-likeness (QED) is 0.799. The Morgan fingerprint density at radius 3 is 2.61 bits per heavy atom. The zero-order valence-corrected chi connectivity index (χ0v) is 16.5. The van der Waals surface area contributed by atoms with Gasteiger partial charge in [0.15, 0.2) is 0 Å². The Labute approximate surface area is 165 Å². The Kier molecular flexibility index (Phi) is 6.19. The van der Waals surface area contributed by atoms with Gasteiger partial charge in [0.1, 0.15) is 11.5 Å². The van der Waals surface area contributed by atoms with Gasteiger partial charge in [-0.25, -0.2) is 0 Å². The fraction of sp³-hybridized carbons (Fsp3) is 0.364. The van der Waals surface area contributed by atoms with E-state index in [1.165, 1.54) is 0 Å². The molecule has 2 amide bonds. The lowest BCUT2D eigenvalue weighted by molar-refractivity contribution is -0.126. The first-order valence-electron chi connectivity index (χ1n) is 9.44. The molecule has 0 aromatic heterocycles. The molecule has 2 aromatic rings. The van der Waals surface area contributed by atoms with Crippen molar-refractivity contribution in [2.75, 3.05) is 18.6 Å². The van der Waals surface area contributed by atoms with E-state index >= 15 is 0 Å². The first kappa shape index (κ1) is 19.7. The fourth-order valence-corrected chi connectivity index (χ4v) is 3.23. The topological polar surface area (TPSA) is 67.9 Å². The van der Waals surface area contributed by atoms with Crippen LogP contribution in [-0.4, -0.2) is 31.6 Å². The second-order valence-corrected chi connectivity index (χ2v) is 7.14. The van der Waals surface area contributed by atoms with Crippen molar-refractivity contribution in [2.45, 2.75) is 32.9 Å². The third-order valence-electron chi connectivity index (χ3n) is 4.62. The van der Waals surface area contributed by atoms with E-state index < -0.39 is 0 Å². The minimum absolute atomic E-state index is 0.0425. The van der Waals surface area contributed by atoms with E-state index in [0.29, 0.717) is 13.1 Å². The second kappa shape index (κ2) is 8.78. The van der Waals surface area contributed by atoms with Crippen molar-refractivity contribution in [1.29, 1.82) is 0 Å². The summed E-state index contributed by atoms with van der Waals surface area (Å²) in [4.78, 5) is 26.6. The van der Waals surface area contributed by atoms with E-state index in [1.807, 2.05) is 62.4 Å². The Morgan fingerprint density at radius 2 is 1.93 bits per heavy atom. The largest absolute Gasteiger partial charge is 0.497 e. The first-order valence-corrected chi connectivity index (χ1v) is 9.44. The number of carbonyl (C=O) groups is 2. The fourth-order valence-electron chi connectivity index (χ4n) is 3.23. The van der Waals surface area contributed by atoms with E-state index in [-0.39, 0.29) is 30.3 Å². The van der Waals surface area contributed by atoms with Crippen LogP contribution in [0.1, 0.15) is 25.8 Å². The van der Waals surface area contributed by atoms with Gasteiger partial charge in [-0.2, -0.15) is 0 Å². The molecule has 1 aliphatic rings. The van der Waals surface area contributed by atoms with Crippen LogP contribution in [0.4, 0.5) is 5.69 Å². The molecule has 1 saturated heterocycles. The molecule has 28 heavy (non-hydrogen) atoms. The van der Waals surface area contributed by atoms with E-state index in [9.17, 15) is 9.59 Å². The van der Waals surface area contributed by atoms with Gasteiger partial charge in [-0.1, -0.05) is 12.1 Å². The molecule has 2 aromatic carbocycles. The molecular weight excluding hydrogens is 356 g/mol. The summed E-state index contributed by atoms with van der Waals surface area (Å²) in [5.74, 6) is 0.999. The number of rotatable bonds is 7. The van der Waals surface area contributed by atoms with Crippen LogP contribution in [0.5, 0.6) is 11.5 Å². The van der Waals surface area contributed by atoms with Crippen LogP contribution in [0.3, 0.4) is 0 Å². The third-order valence-corrected chi connectivity index (χ3v) is 4.62. The van der Waals surface area contributed by atoms with E-state index in [4.69, 9.17) is 9.47 Å². The SMILES string of the molecule is COc1cccc(CNC(=O)C2CC(=O)N(c3ccc(OC(C)C)cc3)C2)c1. The molecule has 6 nitrogen and oxygen atoms in total. The van der Waals surface area contributed by atoms with Crippen LogP contribution in [-0.2, 0) is 16.1 Å². The Hall–Kier alpha value is -3.02. The number of nitrogens with zero attached hydrogens (tertiary/aromatic N) is 1. The molecule has 0 aliphatic carbocycles. The average Bonchev–Trinajstić information content (AvgIpc) is 3.08. The molecule has 0 saturated carbocycles. The van der Waals surface area contributed by atoms with Crippen molar-refractivity contribution >= 4 is 17.5 Å². The molecule has 1 fully saturated rings. The molecule has 6 heteroatoms. The summed E-state index contributed by atoms with van der Waals surface area (Å²) >= 11 is 0. The number of carbonyl (C=O) groups excluding carboxylic acids is 2. The molecule has 1 aliphatic heterocycles. The number of methoxy groups -OCH3 is 1. The molecule has 1 unspecified atom stereocenters. The summed E-state index contributed by atoms with van der Waals surface area (Å²) in [6.07, 6.45) is 0.311. The van der Waals surface area contributed by atoms with Gasteiger partial charge in [-0.05, 0) is 55.8 Å². The van der Waals surface area contributed by atoms with Crippen LogP contribution in [0.15, 0.2) is 48.5 Å². The normalized spacial score (nSPS) is 16.4. The van der Waals surface area contributed by atoms with Crippen LogP contribution in [0, 0.1) is 5.92 Å². The Morgan fingerprint density at radius 1 is 1.18 bits per heavy atom. The molecule has 1 heterocycles. The molecular formula is C22H26N2O4. The number of benzene rings is 2. The summed E-state index contributed by atoms with van der Waals surface area (Å²) in [5.41, 5.74) is 1.74. The van der Waals surface area contributed by atoms with Crippen molar-refractivity contribution in [3.63, 3.8) is 0 Å².